The lowest BCUT2D eigenvalue weighted by Crippen LogP contribution is -2.28. The van der Waals surface area contributed by atoms with Crippen LogP contribution >= 0.6 is 0 Å². The summed E-state index contributed by atoms with van der Waals surface area (Å²) in [6.07, 6.45) is 3.54. The maximum atomic E-state index is 12.2. The fourth-order valence-corrected chi connectivity index (χ4v) is 2.84. The van der Waals surface area contributed by atoms with E-state index < -0.39 is 10.0 Å². The maximum Gasteiger partial charge on any atom is 0.258 e. The lowest BCUT2D eigenvalue weighted by molar-refractivity contribution is 0.153. The maximum absolute atomic E-state index is 12.2. The number of aryl methyl sites for hydroxylation is 1. The molecule has 0 saturated carbocycles. The van der Waals surface area contributed by atoms with Gasteiger partial charge in [-0.3, -0.25) is 0 Å². The van der Waals surface area contributed by atoms with Gasteiger partial charge in [0.15, 0.2) is 5.03 Å². The van der Waals surface area contributed by atoms with E-state index in [1.54, 1.807) is 18.3 Å². The van der Waals surface area contributed by atoms with Crippen LogP contribution in [0.25, 0.3) is 0 Å². The van der Waals surface area contributed by atoms with Crippen LogP contribution in [0.15, 0.2) is 35.6 Å². The molecule has 0 saturated heterocycles. The van der Waals surface area contributed by atoms with E-state index in [9.17, 15) is 8.42 Å². The molecule has 9 heteroatoms. The van der Waals surface area contributed by atoms with Gasteiger partial charge in [-0.2, -0.15) is 0 Å². The largest absolute Gasteiger partial charge is 0.380 e. The number of nitrogens with zero attached hydrogens (tertiary/aromatic N) is 3. The molecule has 0 fully saturated rings. The Morgan fingerprint density at radius 2 is 2.17 bits per heavy atom. The van der Waals surface area contributed by atoms with Gasteiger partial charge in [-0.25, -0.2) is 23.1 Å². The molecule has 126 valence electrons. The molecule has 0 radical (unpaired) electrons. The molecule has 8 nitrogen and oxygen atoms in total. The van der Waals surface area contributed by atoms with Gasteiger partial charge in [0, 0.05) is 32.6 Å². The topological polar surface area (TPSA) is 98.1 Å². The Bertz CT molecular complexity index is 730. The van der Waals surface area contributed by atoms with E-state index in [2.05, 4.69) is 20.0 Å². The number of hydrogen-bond donors (Lipinski definition) is 2. The van der Waals surface area contributed by atoms with Gasteiger partial charge in [-0.05, 0) is 19.1 Å². The number of anilines is 1. The van der Waals surface area contributed by atoms with E-state index in [1.807, 2.05) is 24.7 Å². The minimum Gasteiger partial charge on any atom is -0.380 e. The van der Waals surface area contributed by atoms with Gasteiger partial charge in [0.05, 0.1) is 13.2 Å². The summed E-state index contributed by atoms with van der Waals surface area (Å²) in [6, 6.07) is 4.81. The molecule has 2 rings (SSSR count). The molecule has 0 bridgehead atoms. The van der Waals surface area contributed by atoms with Crippen molar-refractivity contribution in [3.63, 3.8) is 0 Å². The highest BCUT2D eigenvalue weighted by molar-refractivity contribution is 7.89. The first-order chi connectivity index (χ1) is 11.0. The minimum atomic E-state index is -3.65. The van der Waals surface area contributed by atoms with E-state index in [-0.39, 0.29) is 11.6 Å². The predicted octanol–water partition coefficient (Wildman–Crippen LogP) is 0.742. The molecule has 23 heavy (non-hydrogen) atoms. The Hall–Kier alpha value is -1.97. The first-order valence-electron chi connectivity index (χ1n) is 7.27. The minimum absolute atomic E-state index is 0.0289. The van der Waals surface area contributed by atoms with Gasteiger partial charge in [-0.1, -0.05) is 6.07 Å². The second-order valence-corrected chi connectivity index (χ2v) is 6.48. The van der Waals surface area contributed by atoms with E-state index in [0.29, 0.717) is 25.6 Å². The Morgan fingerprint density at radius 1 is 1.35 bits per heavy atom. The molecule has 0 aliphatic heterocycles. The third-order valence-corrected chi connectivity index (χ3v) is 4.45. The van der Waals surface area contributed by atoms with E-state index >= 15 is 0 Å². The van der Waals surface area contributed by atoms with Crippen molar-refractivity contribution in [2.45, 2.75) is 18.5 Å². The summed E-state index contributed by atoms with van der Waals surface area (Å²) < 4.78 is 33.8. The molecular weight excluding hydrogens is 318 g/mol. The number of ether oxygens (including phenoxy) is 1. The summed E-state index contributed by atoms with van der Waals surface area (Å²) in [6.45, 7) is 3.40. The predicted molar refractivity (Wildman–Crippen MR) is 86.5 cm³/mol. The molecule has 0 atom stereocenters. The van der Waals surface area contributed by atoms with E-state index in [0.717, 1.165) is 5.82 Å². The monoisotopic (exact) mass is 339 g/mol. The lowest BCUT2D eigenvalue weighted by Gasteiger charge is -2.09. The van der Waals surface area contributed by atoms with Crippen molar-refractivity contribution in [2.24, 2.45) is 7.05 Å². The van der Waals surface area contributed by atoms with Crippen LogP contribution in [0.2, 0.25) is 0 Å². The molecule has 0 aromatic carbocycles. The quantitative estimate of drug-likeness (QED) is 0.654. The van der Waals surface area contributed by atoms with Gasteiger partial charge in [0.2, 0.25) is 0 Å². The van der Waals surface area contributed by atoms with Crippen molar-refractivity contribution >= 4 is 15.8 Å². The zero-order valence-corrected chi connectivity index (χ0v) is 14.0. The lowest BCUT2D eigenvalue weighted by atomic mass is 10.4. The third-order valence-electron chi connectivity index (χ3n) is 3.09. The van der Waals surface area contributed by atoms with Crippen LogP contribution in [-0.2, 0) is 28.4 Å². The number of sulfonamides is 1. The van der Waals surface area contributed by atoms with Crippen LogP contribution in [0.3, 0.4) is 0 Å². The van der Waals surface area contributed by atoms with Crippen LogP contribution in [0, 0.1) is 0 Å². The first-order valence-corrected chi connectivity index (χ1v) is 8.76. The van der Waals surface area contributed by atoms with Crippen molar-refractivity contribution in [2.75, 3.05) is 25.1 Å². The first kappa shape index (κ1) is 17.4. The fraction of sp³-hybridized carbons (Fsp3) is 0.429. The van der Waals surface area contributed by atoms with Crippen LogP contribution in [0.5, 0.6) is 0 Å². The molecule has 0 aliphatic rings. The van der Waals surface area contributed by atoms with Crippen LogP contribution in [0.1, 0.15) is 12.7 Å². The van der Waals surface area contributed by atoms with E-state index in [4.69, 9.17) is 4.74 Å². The SMILES string of the molecule is CCOCCNS(=O)(=O)c1cccc(NCc2nccn2C)n1. The molecule has 0 amide bonds. The number of imidazole rings is 1. The van der Waals surface area contributed by atoms with E-state index in [1.165, 1.54) is 6.07 Å². The molecule has 0 unspecified atom stereocenters. The summed E-state index contributed by atoms with van der Waals surface area (Å²) in [5.41, 5.74) is 0. The van der Waals surface area contributed by atoms with Crippen LogP contribution in [-0.4, -0.2) is 42.7 Å². The molecule has 2 heterocycles. The standard InChI is InChI=1S/C14H21N5O3S/c1-3-22-10-8-17-23(20,21)14-6-4-5-12(18-14)16-11-13-15-7-9-19(13)2/h4-7,9,17H,3,8,10-11H2,1-2H3,(H,16,18). The Labute approximate surface area is 136 Å². The Kier molecular flexibility index (Phi) is 6.08. The van der Waals surface area contributed by atoms with Crippen molar-refractivity contribution in [3.05, 3.63) is 36.4 Å². The molecular formula is C14H21N5O3S. The molecule has 0 spiro atoms. The highest BCUT2D eigenvalue weighted by atomic mass is 32.2. The number of rotatable bonds is 9. The third kappa shape index (κ3) is 5.02. The number of nitrogens with one attached hydrogen (secondary N) is 2. The highest BCUT2D eigenvalue weighted by Gasteiger charge is 2.15. The van der Waals surface area contributed by atoms with Crippen molar-refractivity contribution in [1.29, 1.82) is 0 Å². The zero-order valence-electron chi connectivity index (χ0n) is 13.2. The number of hydrogen-bond acceptors (Lipinski definition) is 6. The zero-order chi connectivity index (χ0) is 16.7. The molecule has 2 aromatic heterocycles. The Balaban J connectivity index is 1.99. The highest BCUT2D eigenvalue weighted by Crippen LogP contribution is 2.11. The second-order valence-electron chi connectivity index (χ2n) is 4.76. The summed E-state index contributed by atoms with van der Waals surface area (Å²) in [5.74, 6) is 1.30. The van der Waals surface area contributed by atoms with Crippen molar-refractivity contribution < 1.29 is 13.2 Å². The van der Waals surface area contributed by atoms with Gasteiger partial charge in [-0.15, -0.1) is 0 Å². The number of pyridine rings is 1. The van der Waals surface area contributed by atoms with Gasteiger partial charge < -0.3 is 14.6 Å². The summed E-state index contributed by atoms with van der Waals surface area (Å²) in [7, 11) is -1.76. The van der Waals surface area contributed by atoms with Gasteiger partial charge >= 0.3 is 0 Å². The second kappa shape index (κ2) is 8.04. The van der Waals surface area contributed by atoms with Gasteiger partial charge in [0.25, 0.3) is 10.0 Å². The smallest absolute Gasteiger partial charge is 0.258 e. The summed E-state index contributed by atoms with van der Waals surface area (Å²) in [5, 5.41) is 3.04. The molecule has 0 aliphatic carbocycles. The average Bonchev–Trinajstić information content (AvgIpc) is 2.95. The van der Waals surface area contributed by atoms with Crippen LogP contribution < -0.4 is 10.0 Å². The fourth-order valence-electron chi connectivity index (χ4n) is 1.87. The van der Waals surface area contributed by atoms with Crippen molar-refractivity contribution in [1.82, 2.24) is 19.3 Å². The average molecular weight is 339 g/mol. The summed E-state index contributed by atoms with van der Waals surface area (Å²) in [4.78, 5) is 8.32. The van der Waals surface area contributed by atoms with Gasteiger partial charge in [0.1, 0.15) is 11.6 Å². The molecule has 2 N–H and O–H groups in total. The summed E-state index contributed by atoms with van der Waals surface area (Å²) >= 11 is 0. The van der Waals surface area contributed by atoms with Crippen molar-refractivity contribution in [3.8, 4) is 0 Å². The van der Waals surface area contributed by atoms with Crippen LogP contribution in [0.4, 0.5) is 5.82 Å². The normalized spacial score (nSPS) is 11.6. The Morgan fingerprint density at radius 3 is 2.87 bits per heavy atom. The number of aromatic nitrogens is 3. The molecule has 2 aromatic rings.